The minimum Gasteiger partial charge on any atom is -0.369 e. The van der Waals surface area contributed by atoms with Gasteiger partial charge in [-0.2, -0.15) is 0 Å². The van der Waals surface area contributed by atoms with E-state index in [9.17, 15) is 9.59 Å². The SMILES string of the molecule is Cc1nc(-c2ccc(N3CC(C(N)=O)CC3=O)cc2)cs1. The predicted octanol–water partition coefficient (Wildman–Crippen LogP) is 1.96. The first kappa shape index (κ1) is 13.8. The van der Waals surface area contributed by atoms with E-state index < -0.39 is 11.8 Å². The van der Waals surface area contributed by atoms with E-state index in [0.717, 1.165) is 22.0 Å². The number of rotatable bonds is 3. The first-order valence-electron chi connectivity index (χ1n) is 6.67. The van der Waals surface area contributed by atoms with Crippen molar-refractivity contribution in [1.29, 1.82) is 0 Å². The number of aromatic nitrogens is 1. The zero-order chi connectivity index (χ0) is 15.0. The molecule has 1 aliphatic rings. The first-order chi connectivity index (χ1) is 10.0. The lowest BCUT2D eigenvalue weighted by Crippen LogP contribution is -2.28. The maximum Gasteiger partial charge on any atom is 0.227 e. The molecular formula is C15H15N3O2S. The van der Waals surface area contributed by atoms with Crippen LogP contribution in [0.5, 0.6) is 0 Å². The first-order valence-corrected chi connectivity index (χ1v) is 7.55. The second kappa shape index (κ2) is 5.29. The Bertz CT molecular complexity index is 693. The monoisotopic (exact) mass is 301 g/mol. The molecule has 1 atom stereocenters. The van der Waals surface area contributed by atoms with Crippen LogP contribution in [-0.2, 0) is 9.59 Å². The molecule has 0 radical (unpaired) electrons. The van der Waals surface area contributed by atoms with Crippen molar-refractivity contribution in [1.82, 2.24) is 4.98 Å². The average Bonchev–Trinajstić information content (AvgIpc) is 3.05. The van der Waals surface area contributed by atoms with Crippen molar-refractivity contribution >= 4 is 28.8 Å². The fourth-order valence-electron chi connectivity index (χ4n) is 2.46. The molecule has 2 heterocycles. The molecule has 1 unspecified atom stereocenters. The minimum absolute atomic E-state index is 0.0592. The third-order valence-electron chi connectivity index (χ3n) is 3.62. The van der Waals surface area contributed by atoms with Crippen LogP contribution < -0.4 is 10.6 Å². The van der Waals surface area contributed by atoms with E-state index in [4.69, 9.17) is 5.73 Å². The highest BCUT2D eigenvalue weighted by Gasteiger charge is 2.33. The Morgan fingerprint density at radius 3 is 2.62 bits per heavy atom. The molecule has 1 aliphatic heterocycles. The quantitative estimate of drug-likeness (QED) is 0.941. The van der Waals surface area contributed by atoms with Crippen LogP contribution in [0.3, 0.4) is 0 Å². The van der Waals surface area contributed by atoms with E-state index in [2.05, 4.69) is 4.98 Å². The van der Waals surface area contributed by atoms with Gasteiger partial charge in [0.2, 0.25) is 11.8 Å². The average molecular weight is 301 g/mol. The number of hydrogen-bond donors (Lipinski definition) is 1. The second-order valence-corrected chi connectivity index (χ2v) is 6.17. The Hall–Kier alpha value is -2.21. The number of nitrogens with zero attached hydrogens (tertiary/aromatic N) is 2. The van der Waals surface area contributed by atoms with Crippen LogP contribution in [0.15, 0.2) is 29.6 Å². The predicted molar refractivity (Wildman–Crippen MR) is 81.9 cm³/mol. The topological polar surface area (TPSA) is 76.3 Å². The summed E-state index contributed by atoms with van der Waals surface area (Å²) in [6, 6.07) is 7.64. The summed E-state index contributed by atoms with van der Waals surface area (Å²) in [7, 11) is 0. The number of thiazole rings is 1. The van der Waals surface area contributed by atoms with Gasteiger partial charge in [0.05, 0.1) is 16.6 Å². The van der Waals surface area contributed by atoms with Gasteiger partial charge >= 0.3 is 0 Å². The molecule has 0 bridgehead atoms. The maximum atomic E-state index is 12.0. The molecule has 0 aliphatic carbocycles. The summed E-state index contributed by atoms with van der Waals surface area (Å²) in [5.41, 5.74) is 8.02. The minimum atomic E-state index is -0.416. The van der Waals surface area contributed by atoms with Crippen LogP contribution >= 0.6 is 11.3 Å². The van der Waals surface area contributed by atoms with Crippen molar-refractivity contribution in [3.63, 3.8) is 0 Å². The van der Waals surface area contributed by atoms with E-state index in [1.54, 1.807) is 16.2 Å². The van der Waals surface area contributed by atoms with Crippen molar-refractivity contribution in [2.24, 2.45) is 11.7 Å². The van der Waals surface area contributed by atoms with Crippen molar-refractivity contribution in [3.8, 4) is 11.3 Å². The normalized spacial score (nSPS) is 18.2. The molecule has 6 heteroatoms. The fraction of sp³-hybridized carbons (Fsp3) is 0.267. The maximum absolute atomic E-state index is 12.0. The molecule has 108 valence electrons. The molecule has 1 fully saturated rings. The van der Waals surface area contributed by atoms with Crippen molar-refractivity contribution in [2.45, 2.75) is 13.3 Å². The van der Waals surface area contributed by atoms with Gasteiger partial charge in [0.1, 0.15) is 0 Å². The fourth-order valence-corrected chi connectivity index (χ4v) is 3.08. The van der Waals surface area contributed by atoms with Crippen molar-refractivity contribution < 1.29 is 9.59 Å². The Balaban J connectivity index is 1.81. The van der Waals surface area contributed by atoms with Crippen LogP contribution in [0.2, 0.25) is 0 Å². The number of primary amides is 1. The van der Waals surface area contributed by atoms with Crippen molar-refractivity contribution in [2.75, 3.05) is 11.4 Å². The third kappa shape index (κ3) is 2.67. The van der Waals surface area contributed by atoms with Gasteiger partial charge in [-0.1, -0.05) is 12.1 Å². The van der Waals surface area contributed by atoms with Gasteiger partial charge < -0.3 is 10.6 Å². The molecule has 0 spiro atoms. The lowest BCUT2D eigenvalue weighted by Gasteiger charge is -2.16. The molecule has 2 amide bonds. The van der Waals surface area contributed by atoms with Gasteiger partial charge in [-0.25, -0.2) is 4.98 Å². The second-order valence-electron chi connectivity index (χ2n) is 5.11. The van der Waals surface area contributed by atoms with Gasteiger partial charge in [-0.15, -0.1) is 11.3 Å². The molecule has 2 aromatic rings. The molecule has 0 saturated carbocycles. The Labute approximate surface area is 126 Å². The van der Waals surface area contributed by atoms with E-state index >= 15 is 0 Å². The molecule has 1 saturated heterocycles. The third-order valence-corrected chi connectivity index (χ3v) is 4.39. The summed E-state index contributed by atoms with van der Waals surface area (Å²) < 4.78 is 0. The van der Waals surface area contributed by atoms with Crippen LogP contribution in [-0.4, -0.2) is 23.3 Å². The number of amides is 2. The summed E-state index contributed by atoms with van der Waals surface area (Å²) in [5.74, 6) is -0.866. The van der Waals surface area contributed by atoms with Crippen LogP contribution in [0.25, 0.3) is 11.3 Å². The standard InChI is InChI=1S/C15H15N3O2S/c1-9-17-13(8-21-9)10-2-4-12(5-3-10)18-7-11(15(16)20)6-14(18)19/h2-5,8,11H,6-7H2,1H3,(H2,16,20). The number of hydrogen-bond acceptors (Lipinski definition) is 4. The molecule has 2 N–H and O–H groups in total. The summed E-state index contributed by atoms with van der Waals surface area (Å²) in [6.45, 7) is 2.33. The Kier molecular flexibility index (Phi) is 3.47. The summed E-state index contributed by atoms with van der Waals surface area (Å²) >= 11 is 1.61. The number of nitrogens with two attached hydrogens (primary N) is 1. The number of carbonyl (C=O) groups is 2. The Morgan fingerprint density at radius 1 is 1.38 bits per heavy atom. The highest BCUT2D eigenvalue weighted by molar-refractivity contribution is 7.09. The number of carbonyl (C=O) groups excluding carboxylic acids is 2. The summed E-state index contributed by atoms with van der Waals surface area (Å²) in [5, 5.41) is 3.03. The zero-order valence-corrected chi connectivity index (χ0v) is 12.4. The Morgan fingerprint density at radius 2 is 2.10 bits per heavy atom. The van der Waals surface area contributed by atoms with E-state index in [1.165, 1.54) is 0 Å². The number of anilines is 1. The molecule has 21 heavy (non-hydrogen) atoms. The van der Waals surface area contributed by atoms with Crippen molar-refractivity contribution in [3.05, 3.63) is 34.7 Å². The molecule has 5 nitrogen and oxygen atoms in total. The highest BCUT2D eigenvalue weighted by Crippen LogP contribution is 2.28. The molecular weight excluding hydrogens is 286 g/mol. The molecule has 3 rings (SSSR count). The van der Waals surface area contributed by atoms with Crippen LogP contribution in [0.1, 0.15) is 11.4 Å². The van der Waals surface area contributed by atoms with E-state index in [-0.39, 0.29) is 12.3 Å². The van der Waals surface area contributed by atoms with E-state index in [0.29, 0.717) is 6.54 Å². The lowest BCUT2D eigenvalue weighted by molar-refractivity contribution is -0.123. The van der Waals surface area contributed by atoms with E-state index in [1.807, 2.05) is 36.6 Å². The van der Waals surface area contributed by atoms with Crippen LogP contribution in [0, 0.1) is 12.8 Å². The zero-order valence-electron chi connectivity index (χ0n) is 11.6. The smallest absolute Gasteiger partial charge is 0.227 e. The van der Waals surface area contributed by atoms with Gasteiger partial charge in [0.15, 0.2) is 0 Å². The van der Waals surface area contributed by atoms with Gasteiger partial charge in [-0.3, -0.25) is 9.59 Å². The molecule has 1 aromatic carbocycles. The number of benzene rings is 1. The molecule has 1 aromatic heterocycles. The largest absolute Gasteiger partial charge is 0.369 e. The van der Waals surface area contributed by atoms with Gasteiger partial charge in [0.25, 0.3) is 0 Å². The number of aryl methyl sites for hydroxylation is 1. The summed E-state index contributed by atoms with van der Waals surface area (Å²) in [6.07, 6.45) is 0.197. The van der Waals surface area contributed by atoms with Crippen LogP contribution in [0.4, 0.5) is 5.69 Å². The van der Waals surface area contributed by atoms with Gasteiger partial charge in [-0.05, 0) is 19.1 Å². The van der Waals surface area contributed by atoms with Gasteiger partial charge in [0, 0.05) is 29.6 Å². The summed E-state index contributed by atoms with van der Waals surface area (Å²) in [4.78, 5) is 29.2. The highest BCUT2D eigenvalue weighted by atomic mass is 32.1. The lowest BCUT2D eigenvalue weighted by atomic mass is 10.1.